The molecule has 1 aliphatic rings. The van der Waals surface area contributed by atoms with E-state index in [2.05, 4.69) is 4.98 Å². The van der Waals surface area contributed by atoms with Crippen molar-refractivity contribution >= 4 is 22.6 Å². The third kappa shape index (κ3) is 3.19. The summed E-state index contributed by atoms with van der Waals surface area (Å²) in [7, 11) is 1.70. The summed E-state index contributed by atoms with van der Waals surface area (Å²) in [6.45, 7) is 5.57. The number of carbonyl (C=O) groups is 1. The highest BCUT2D eigenvalue weighted by atomic mass is 32.1. The van der Waals surface area contributed by atoms with Crippen molar-refractivity contribution in [3.05, 3.63) is 11.1 Å². The topological polar surface area (TPSA) is 42.4 Å². The number of carbonyl (C=O) groups excluding carboxylic acids is 1. The maximum atomic E-state index is 11.8. The van der Waals surface area contributed by atoms with Crippen molar-refractivity contribution in [3.8, 4) is 0 Å². The molecule has 17 heavy (non-hydrogen) atoms. The van der Waals surface area contributed by atoms with E-state index in [1.807, 2.05) is 26.2 Å². The van der Waals surface area contributed by atoms with Gasteiger partial charge >= 0.3 is 6.09 Å². The number of thiazole rings is 1. The SMILES string of the molecule is CN(C(=O)OC(C)(C)C)c1nc(C2CC2)cs1. The normalized spacial score (nSPS) is 15.8. The lowest BCUT2D eigenvalue weighted by Crippen LogP contribution is -2.34. The highest BCUT2D eigenvalue weighted by molar-refractivity contribution is 7.14. The van der Waals surface area contributed by atoms with Crippen molar-refractivity contribution in [1.82, 2.24) is 4.98 Å². The van der Waals surface area contributed by atoms with E-state index in [1.165, 1.54) is 29.1 Å². The van der Waals surface area contributed by atoms with Crippen molar-refractivity contribution in [1.29, 1.82) is 0 Å². The Labute approximate surface area is 106 Å². The summed E-state index contributed by atoms with van der Waals surface area (Å²) in [5.74, 6) is 0.618. The van der Waals surface area contributed by atoms with Crippen LogP contribution in [0.1, 0.15) is 45.2 Å². The number of rotatable bonds is 2. The molecule has 5 heteroatoms. The van der Waals surface area contributed by atoms with E-state index in [1.54, 1.807) is 7.05 Å². The van der Waals surface area contributed by atoms with Gasteiger partial charge in [0.05, 0.1) is 5.69 Å². The summed E-state index contributed by atoms with van der Waals surface area (Å²) in [6.07, 6.45) is 2.09. The quantitative estimate of drug-likeness (QED) is 0.812. The fraction of sp³-hybridized carbons (Fsp3) is 0.667. The maximum Gasteiger partial charge on any atom is 0.416 e. The van der Waals surface area contributed by atoms with Crippen molar-refractivity contribution in [2.24, 2.45) is 0 Å². The third-order valence-corrected chi connectivity index (χ3v) is 3.40. The van der Waals surface area contributed by atoms with Crippen LogP contribution in [-0.2, 0) is 4.74 Å². The van der Waals surface area contributed by atoms with Crippen molar-refractivity contribution < 1.29 is 9.53 Å². The van der Waals surface area contributed by atoms with Gasteiger partial charge in [-0.1, -0.05) is 0 Å². The number of hydrogen-bond donors (Lipinski definition) is 0. The number of anilines is 1. The Morgan fingerprint density at radius 3 is 2.71 bits per heavy atom. The Balaban J connectivity index is 2.02. The molecule has 0 spiro atoms. The Bertz CT molecular complexity index is 418. The summed E-state index contributed by atoms with van der Waals surface area (Å²) in [6, 6.07) is 0. The molecule has 0 radical (unpaired) electrons. The van der Waals surface area contributed by atoms with E-state index in [4.69, 9.17) is 4.74 Å². The molecular weight excluding hydrogens is 236 g/mol. The molecule has 4 nitrogen and oxygen atoms in total. The van der Waals surface area contributed by atoms with Gasteiger partial charge in [0.1, 0.15) is 5.60 Å². The molecule has 1 saturated carbocycles. The predicted octanol–water partition coefficient (Wildman–Crippen LogP) is 3.39. The minimum absolute atomic E-state index is 0.353. The maximum absolute atomic E-state index is 11.8. The first-order valence-corrected chi connectivity index (χ1v) is 6.67. The molecule has 0 unspecified atom stereocenters. The summed E-state index contributed by atoms with van der Waals surface area (Å²) < 4.78 is 5.29. The Morgan fingerprint density at radius 2 is 2.18 bits per heavy atom. The zero-order valence-electron chi connectivity index (χ0n) is 10.7. The summed E-state index contributed by atoms with van der Waals surface area (Å²) in [5, 5.41) is 2.74. The molecule has 0 saturated heterocycles. The second kappa shape index (κ2) is 4.29. The molecule has 0 aromatic carbocycles. The molecule has 0 atom stereocenters. The van der Waals surface area contributed by atoms with Gasteiger partial charge in [-0.05, 0) is 33.6 Å². The molecule has 0 N–H and O–H groups in total. The molecule has 1 heterocycles. The van der Waals surface area contributed by atoms with Crippen LogP contribution < -0.4 is 4.90 Å². The van der Waals surface area contributed by atoms with Gasteiger partial charge in [-0.2, -0.15) is 0 Å². The van der Waals surface area contributed by atoms with E-state index >= 15 is 0 Å². The average molecular weight is 254 g/mol. The van der Waals surface area contributed by atoms with E-state index < -0.39 is 5.60 Å². The number of aromatic nitrogens is 1. The van der Waals surface area contributed by atoms with Gasteiger partial charge in [0.2, 0.25) is 0 Å². The number of nitrogens with zero attached hydrogens (tertiary/aromatic N) is 2. The smallest absolute Gasteiger partial charge is 0.416 e. The molecule has 0 aliphatic heterocycles. The summed E-state index contributed by atoms with van der Waals surface area (Å²) in [4.78, 5) is 17.8. The first kappa shape index (κ1) is 12.4. The molecule has 1 aromatic rings. The van der Waals surface area contributed by atoms with Crippen LogP contribution in [-0.4, -0.2) is 23.7 Å². The third-order valence-electron chi connectivity index (χ3n) is 2.46. The van der Waals surface area contributed by atoms with E-state index in [0.717, 1.165) is 5.69 Å². The van der Waals surface area contributed by atoms with E-state index in [9.17, 15) is 4.79 Å². The van der Waals surface area contributed by atoms with Gasteiger partial charge in [0, 0.05) is 18.3 Å². The first-order valence-electron chi connectivity index (χ1n) is 5.79. The lowest BCUT2D eigenvalue weighted by Gasteiger charge is -2.23. The summed E-state index contributed by atoms with van der Waals surface area (Å²) >= 11 is 1.49. The molecule has 2 rings (SSSR count). The Kier molecular flexibility index (Phi) is 3.12. The molecule has 1 aliphatic carbocycles. The lowest BCUT2D eigenvalue weighted by molar-refractivity contribution is 0.0589. The largest absolute Gasteiger partial charge is 0.443 e. The van der Waals surface area contributed by atoms with Crippen molar-refractivity contribution in [2.45, 2.75) is 45.1 Å². The number of ether oxygens (including phenoxy) is 1. The van der Waals surface area contributed by atoms with Gasteiger partial charge < -0.3 is 4.74 Å². The lowest BCUT2D eigenvalue weighted by atomic mass is 10.2. The monoisotopic (exact) mass is 254 g/mol. The molecular formula is C12H18N2O2S. The van der Waals surface area contributed by atoms with Crippen molar-refractivity contribution in [2.75, 3.05) is 11.9 Å². The molecule has 1 aromatic heterocycles. The van der Waals surface area contributed by atoms with Crippen LogP contribution in [0.2, 0.25) is 0 Å². The second-order valence-electron chi connectivity index (χ2n) is 5.37. The number of hydrogen-bond acceptors (Lipinski definition) is 4. The van der Waals surface area contributed by atoms with Crippen LogP contribution in [0.15, 0.2) is 5.38 Å². The number of amides is 1. The van der Waals surface area contributed by atoms with Gasteiger partial charge in [-0.3, -0.25) is 4.90 Å². The van der Waals surface area contributed by atoms with Gasteiger partial charge in [-0.25, -0.2) is 9.78 Å². The Morgan fingerprint density at radius 1 is 1.53 bits per heavy atom. The molecule has 94 valence electrons. The predicted molar refractivity (Wildman–Crippen MR) is 68.7 cm³/mol. The highest BCUT2D eigenvalue weighted by Crippen LogP contribution is 2.41. The summed E-state index contributed by atoms with van der Waals surface area (Å²) in [5.41, 5.74) is 0.641. The van der Waals surface area contributed by atoms with Crippen LogP contribution in [0.3, 0.4) is 0 Å². The average Bonchev–Trinajstić information content (AvgIpc) is 2.93. The van der Waals surface area contributed by atoms with Crippen molar-refractivity contribution in [3.63, 3.8) is 0 Å². The second-order valence-corrected chi connectivity index (χ2v) is 6.21. The minimum Gasteiger partial charge on any atom is -0.443 e. The molecule has 1 amide bonds. The fourth-order valence-corrected chi connectivity index (χ4v) is 2.27. The van der Waals surface area contributed by atoms with Gasteiger partial charge in [0.25, 0.3) is 0 Å². The van der Waals surface area contributed by atoms with Crippen LogP contribution in [0.25, 0.3) is 0 Å². The van der Waals surface area contributed by atoms with Crippen LogP contribution in [0, 0.1) is 0 Å². The Hall–Kier alpha value is -1.10. The van der Waals surface area contributed by atoms with Gasteiger partial charge in [0.15, 0.2) is 5.13 Å². The van der Waals surface area contributed by atoms with E-state index in [-0.39, 0.29) is 6.09 Å². The standard InChI is InChI=1S/C12H18N2O2S/c1-12(2,3)16-11(15)14(4)10-13-9(7-17-10)8-5-6-8/h7-8H,5-6H2,1-4H3. The molecule has 1 fully saturated rings. The minimum atomic E-state index is -0.470. The van der Waals surface area contributed by atoms with Crippen LogP contribution in [0.4, 0.5) is 9.93 Å². The molecule has 0 bridgehead atoms. The zero-order valence-corrected chi connectivity index (χ0v) is 11.5. The highest BCUT2D eigenvalue weighted by Gasteiger charge is 2.28. The van der Waals surface area contributed by atoms with Crippen LogP contribution in [0.5, 0.6) is 0 Å². The fourth-order valence-electron chi connectivity index (χ4n) is 1.41. The first-order chi connectivity index (χ1) is 7.87. The zero-order chi connectivity index (χ0) is 12.6. The van der Waals surface area contributed by atoms with Crippen LogP contribution >= 0.6 is 11.3 Å². The van der Waals surface area contributed by atoms with Gasteiger partial charge in [-0.15, -0.1) is 11.3 Å². The van der Waals surface area contributed by atoms with E-state index in [0.29, 0.717) is 11.0 Å².